The first-order chi connectivity index (χ1) is 10.5. The Balaban J connectivity index is 1.90. The number of hydrogen-bond donors (Lipinski definition) is 1. The van der Waals surface area contributed by atoms with E-state index in [1.165, 1.54) is 44.9 Å². The van der Waals surface area contributed by atoms with E-state index in [9.17, 15) is 4.79 Å². The van der Waals surface area contributed by atoms with Gasteiger partial charge in [-0.2, -0.15) is 5.10 Å². The van der Waals surface area contributed by atoms with Crippen molar-refractivity contribution in [2.45, 2.75) is 71.6 Å². The van der Waals surface area contributed by atoms with Gasteiger partial charge in [0.05, 0.1) is 11.6 Å². The zero-order valence-electron chi connectivity index (χ0n) is 14.6. The maximum absolute atomic E-state index is 12.5. The van der Waals surface area contributed by atoms with Crippen molar-refractivity contribution < 1.29 is 4.79 Å². The summed E-state index contributed by atoms with van der Waals surface area (Å²) in [6.07, 6.45) is 9.26. The molecule has 1 heterocycles. The molecule has 2 rings (SSSR count). The highest BCUT2D eigenvalue weighted by atomic mass is 16.1. The van der Waals surface area contributed by atoms with Crippen molar-refractivity contribution in [3.63, 3.8) is 0 Å². The number of carbonyl (C=O) groups excluding carboxylic acids is 1. The van der Waals surface area contributed by atoms with E-state index >= 15 is 0 Å². The quantitative estimate of drug-likeness (QED) is 0.923. The Bertz CT molecular complexity index is 499. The van der Waals surface area contributed by atoms with Gasteiger partial charge in [0.2, 0.25) is 5.91 Å². The van der Waals surface area contributed by atoms with Crippen molar-refractivity contribution in [3.05, 3.63) is 17.0 Å². The SMILES string of the molecule is Cc1nn(C)c(C)c1[C@@H](C)C(=O)NCC1CCCCCCC1. The van der Waals surface area contributed by atoms with E-state index in [0.717, 1.165) is 23.5 Å². The minimum Gasteiger partial charge on any atom is -0.355 e. The van der Waals surface area contributed by atoms with Crippen LogP contribution in [0.3, 0.4) is 0 Å². The number of aryl methyl sites for hydroxylation is 2. The maximum Gasteiger partial charge on any atom is 0.227 e. The monoisotopic (exact) mass is 305 g/mol. The third-order valence-electron chi connectivity index (χ3n) is 5.18. The highest BCUT2D eigenvalue weighted by Gasteiger charge is 2.23. The number of nitrogens with one attached hydrogen (secondary N) is 1. The van der Waals surface area contributed by atoms with Gasteiger partial charge in [-0.05, 0) is 39.5 Å². The third-order valence-corrected chi connectivity index (χ3v) is 5.18. The average Bonchev–Trinajstić information content (AvgIpc) is 2.70. The Morgan fingerprint density at radius 2 is 1.82 bits per heavy atom. The first-order valence-corrected chi connectivity index (χ1v) is 8.78. The van der Waals surface area contributed by atoms with E-state index in [1.54, 1.807) is 0 Å². The summed E-state index contributed by atoms with van der Waals surface area (Å²) in [6, 6.07) is 0. The van der Waals surface area contributed by atoms with Crippen molar-refractivity contribution in [2.75, 3.05) is 6.54 Å². The normalized spacial score (nSPS) is 18.5. The van der Waals surface area contributed by atoms with Crippen LogP contribution in [0.5, 0.6) is 0 Å². The van der Waals surface area contributed by atoms with Crippen molar-refractivity contribution >= 4 is 5.91 Å². The molecule has 0 saturated heterocycles. The molecule has 22 heavy (non-hydrogen) atoms. The minimum atomic E-state index is -0.123. The summed E-state index contributed by atoms with van der Waals surface area (Å²) in [5, 5.41) is 7.61. The Hall–Kier alpha value is -1.32. The molecule has 1 aliphatic rings. The van der Waals surface area contributed by atoms with Gasteiger partial charge in [-0.15, -0.1) is 0 Å². The van der Waals surface area contributed by atoms with Crippen LogP contribution in [-0.4, -0.2) is 22.2 Å². The van der Waals surface area contributed by atoms with Gasteiger partial charge in [0, 0.05) is 24.8 Å². The van der Waals surface area contributed by atoms with Crippen LogP contribution in [0, 0.1) is 19.8 Å². The first-order valence-electron chi connectivity index (χ1n) is 8.78. The number of amides is 1. The van der Waals surface area contributed by atoms with Gasteiger partial charge in [0.15, 0.2) is 0 Å². The molecule has 0 spiro atoms. The summed E-state index contributed by atoms with van der Waals surface area (Å²) < 4.78 is 1.86. The number of nitrogens with zero attached hydrogens (tertiary/aromatic N) is 2. The lowest BCUT2D eigenvalue weighted by molar-refractivity contribution is -0.122. The predicted molar refractivity (Wildman–Crippen MR) is 89.9 cm³/mol. The fourth-order valence-electron chi connectivity index (χ4n) is 3.69. The smallest absolute Gasteiger partial charge is 0.227 e. The standard InChI is InChI=1S/C18H31N3O/c1-13(17-14(2)20-21(4)15(17)3)18(22)19-12-16-10-8-6-5-7-9-11-16/h13,16H,5-12H2,1-4H3,(H,19,22)/t13-/m1/s1. The summed E-state index contributed by atoms with van der Waals surface area (Å²) in [4.78, 5) is 12.5. The van der Waals surface area contributed by atoms with Gasteiger partial charge in [0.25, 0.3) is 0 Å². The average molecular weight is 305 g/mol. The van der Waals surface area contributed by atoms with Crippen molar-refractivity contribution in [1.82, 2.24) is 15.1 Å². The van der Waals surface area contributed by atoms with Gasteiger partial charge in [-0.25, -0.2) is 0 Å². The summed E-state index contributed by atoms with van der Waals surface area (Å²) in [6.45, 7) is 6.85. The maximum atomic E-state index is 12.5. The Morgan fingerprint density at radius 1 is 1.23 bits per heavy atom. The Morgan fingerprint density at radius 3 is 2.36 bits per heavy atom. The molecule has 4 nitrogen and oxygen atoms in total. The molecule has 124 valence electrons. The molecule has 1 N–H and O–H groups in total. The van der Waals surface area contributed by atoms with Gasteiger partial charge in [-0.1, -0.05) is 32.1 Å². The topological polar surface area (TPSA) is 46.9 Å². The second-order valence-electron chi connectivity index (χ2n) is 6.89. The highest BCUT2D eigenvalue weighted by Crippen LogP contribution is 2.24. The predicted octanol–water partition coefficient (Wildman–Crippen LogP) is 3.62. The van der Waals surface area contributed by atoms with Crippen LogP contribution in [0.2, 0.25) is 0 Å². The van der Waals surface area contributed by atoms with Crippen LogP contribution in [0.1, 0.15) is 74.7 Å². The molecule has 1 atom stereocenters. The third kappa shape index (κ3) is 4.11. The van der Waals surface area contributed by atoms with Gasteiger partial charge >= 0.3 is 0 Å². The molecule has 0 radical (unpaired) electrons. The van der Waals surface area contributed by atoms with Crippen molar-refractivity contribution in [3.8, 4) is 0 Å². The number of rotatable bonds is 4. The van der Waals surface area contributed by atoms with Crippen LogP contribution in [0.25, 0.3) is 0 Å². The summed E-state index contributed by atoms with van der Waals surface area (Å²) in [5.41, 5.74) is 3.14. The zero-order chi connectivity index (χ0) is 16.1. The van der Waals surface area contributed by atoms with Crippen LogP contribution in [-0.2, 0) is 11.8 Å². The zero-order valence-corrected chi connectivity index (χ0v) is 14.6. The van der Waals surface area contributed by atoms with Gasteiger partial charge in [-0.3, -0.25) is 9.48 Å². The summed E-state index contributed by atoms with van der Waals surface area (Å²) in [7, 11) is 1.94. The van der Waals surface area contributed by atoms with Crippen LogP contribution in [0.15, 0.2) is 0 Å². The van der Waals surface area contributed by atoms with E-state index in [-0.39, 0.29) is 11.8 Å². The minimum absolute atomic E-state index is 0.123. The van der Waals surface area contributed by atoms with E-state index in [1.807, 2.05) is 32.5 Å². The summed E-state index contributed by atoms with van der Waals surface area (Å²) in [5.74, 6) is 0.677. The largest absolute Gasteiger partial charge is 0.355 e. The molecule has 1 aromatic heterocycles. The van der Waals surface area contributed by atoms with Crippen molar-refractivity contribution in [1.29, 1.82) is 0 Å². The second-order valence-corrected chi connectivity index (χ2v) is 6.89. The van der Waals surface area contributed by atoms with Crippen molar-refractivity contribution in [2.24, 2.45) is 13.0 Å². The fraction of sp³-hybridized carbons (Fsp3) is 0.778. The molecule has 0 bridgehead atoms. The van der Waals surface area contributed by atoms with Gasteiger partial charge < -0.3 is 5.32 Å². The van der Waals surface area contributed by atoms with E-state index < -0.39 is 0 Å². The van der Waals surface area contributed by atoms with E-state index in [0.29, 0.717) is 5.92 Å². The fourth-order valence-corrected chi connectivity index (χ4v) is 3.69. The highest BCUT2D eigenvalue weighted by molar-refractivity contribution is 5.83. The molecular weight excluding hydrogens is 274 g/mol. The number of aromatic nitrogens is 2. The lowest BCUT2D eigenvalue weighted by atomic mass is 9.91. The van der Waals surface area contributed by atoms with Crippen LogP contribution >= 0.6 is 0 Å². The Kier molecular flexibility index (Phi) is 6.04. The van der Waals surface area contributed by atoms with Gasteiger partial charge in [0.1, 0.15) is 0 Å². The number of carbonyl (C=O) groups is 1. The molecule has 1 aliphatic carbocycles. The molecule has 1 aromatic rings. The van der Waals surface area contributed by atoms with Crippen LogP contribution < -0.4 is 5.32 Å². The molecule has 0 unspecified atom stereocenters. The van der Waals surface area contributed by atoms with E-state index in [4.69, 9.17) is 0 Å². The molecule has 0 aromatic carbocycles. The Labute approximate surface area is 134 Å². The van der Waals surface area contributed by atoms with Crippen LogP contribution in [0.4, 0.5) is 0 Å². The lowest BCUT2D eigenvalue weighted by Gasteiger charge is -2.21. The molecule has 1 saturated carbocycles. The first kappa shape index (κ1) is 17.0. The van der Waals surface area contributed by atoms with E-state index in [2.05, 4.69) is 10.4 Å². The molecular formula is C18H31N3O. The molecule has 4 heteroatoms. The second kappa shape index (κ2) is 7.80. The lowest BCUT2D eigenvalue weighted by Crippen LogP contribution is -2.33. The molecule has 1 amide bonds. The molecule has 1 fully saturated rings. The molecule has 0 aliphatic heterocycles. The number of hydrogen-bond acceptors (Lipinski definition) is 2. The summed E-state index contributed by atoms with van der Waals surface area (Å²) >= 11 is 0.